The monoisotopic (exact) mass is 247 g/mol. The molecule has 2 rings (SSSR count). The summed E-state index contributed by atoms with van der Waals surface area (Å²) in [6.45, 7) is 3.05. The standard InChI is InChI=1S/C11H16F3N3/c1-2-5-17-8-9(7-16-17)6-15-10(3-4-10)11(12,13)14/h7-8,15H,2-6H2,1H3. The predicted octanol–water partition coefficient (Wildman–Crippen LogP) is 2.48. The molecular formula is C11H16F3N3. The van der Waals surface area contributed by atoms with Crippen LogP contribution in [0.25, 0.3) is 0 Å². The molecule has 1 aromatic heterocycles. The SMILES string of the molecule is CCCn1cc(CNC2(C(F)(F)F)CC2)cn1. The van der Waals surface area contributed by atoms with Crippen molar-refractivity contribution in [1.82, 2.24) is 15.1 Å². The lowest BCUT2D eigenvalue weighted by atomic mass is 10.2. The summed E-state index contributed by atoms with van der Waals surface area (Å²) < 4.78 is 39.7. The second-order valence-electron chi connectivity index (χ2n) is 4.55. The van der Waals surface area contributed by atoms with Gasteiger partial charge < -0.3 is 0 Å². The van der Waals surface area contributed by atoms with Crippen molar-refractivity contribution in [3.05, 3.63) is 18.0 Å². The van der Waals surface area contributed by atoms with E-state index in [0.717, 1.165) is 18.5 Å². The van der Waals surface area contributed by atoms with Crippen LogP contribution in [0.1, 0.15) is 31.7 Å². The summed E-state index contributed by atoms with van der Waals surface area (Å²) in [4.78, 5) is 0. The molecule has 0 radical (unpaired) electrons. The third kappa shape index (κ3) is 2.62. The Morgan fingerprint density at radius 2 is 2.18 bits per heavy atom. The number of hydrogen-bond donors (Lipinski definition) is 1. The van der Waals surface area contributed by atoms with Crippen LogP contribution in [0.2, 0.25) is 0 Å². The van der Waals surface area contributed by atoms with Gasteiger partial charge in [-0.2, -0.15) is 18.3 Å². The van der Waals surface area contributed by atoms with E-state index in [4.69, 9.17) is 0 Å². The van der Waals surface area contributed by atoms with Crippen LogP contribution in [-0.4, -0.2) is 21.5 Å². The Morgan fingerprint density at radius 1 is 1.47 bits per heavy atom. The fraction of sp³-hybridized carbons (Fsp3) is 0.727. The molecule has 0 atom stereocenters. The molecule has 6 heteroatoms. The molecule has 0 unspecified atom stereocenters. The molecule has 0 aliphatic heterocycles. The van der Waals surface area contributed by atoms with Crippen LogP contribution in [0.4, 0.5) is 13.2 Å². The number of hydrogen-bond acceptors (Lipinski definition) is 2. The highest BCUT2D eigenvalue weighted by Gasteiger charge is 2.62. The quantitative estimate of drug-likeness (QED) is 0.866. The number of aromatic nitrogens is 2. The van der Waals surface area contributed by atoms with Gasteiger partial charge in [-0.1, -0.05) is 6.92 Å². The summed E-state index contributed by atoms with van der Waals surface area (Å²) in [5.41, 5.74) is -0.839. The van der Waals surface area contributed by atoms with Crippen molar-refractivity contribution >= 4 is 0 Å². The normalized spacial score (nSPS) is 18.4. The summed E-state index contributed by atoms with van der Waals surface area (Å²) in [6, 6.07) is 0. The van der Waals surface area contributed by atoms with Gasteiger partial charge >= 0.3 is 6.18 Å². The molecule has 1 heterocycles. The number of halogens is 3. The topological polar surface area (TPSA) is 29.9 Å². The van der Waals surface area contributed by atoms with E-state index >= 15 is 0 Å². The molecule has 1 saturated carbocycles. The van der Waals surface area contributed by atoms with Crippen molar-refractivity contribution in [3.8, 4) is 0 Å². The largest absolute Gasteiger partial charge is 0.406 e. The van der Waals surface area contributed by atoms with Crippen LogP contribution in [0.5, 0.6) is 0 Å². The average molecular weight is 247 g/mol. The van der Waals surface area contributed by atoms with E-state index in [-0.39, 0.29) is 19.4 Å². The fourth-order valence-corrected chi connectivity index (χ4v) is 1.81. The van der Waals surface area contributed by atoms with Crippen molar-refractivity contribution in [1.29, 1.82) is 0 Å². The summed E-state index contributed by atoms with van der Waals surface area (Å²) >= 11 is 0. The Bertz CT molecular complexity index is 380. The van der Waals surface area contributed by atoms with Crippen LogP contribution in [0.15, 0.2) is 12.4 Å². The first-order chi connectivity index (χ1) is 7.97. The third-order valence-corrected chi connectivity index (χ3v) is 3.06. The summed E-state index contributed by atoms with van der Waals surface area (Å²) in [5, 5.41) is 6.69. The molecule has 0 amide bonds. The molecule has 0 spiro atoms. The van der Waals surface area contributed by atoms with Crippen molar-refractivity contribution in [2.75, 3.05) is 0 Å². The molecule has 0 saturated heterocycles. The summed E-state index contributed by atoms with van der Waals surface area (Å²) in [6.07, 6.45) is 0.588. The van der Waals surface area contributed by atoms with Crippen LogP contribution < -0.4 is 5.32 Å². The van der Waals surface area contributed by atoms with E-state index in [0.29, 0.717) is 0 Å². The van der Waals surface area contributed by atoms with Crippen LogP contribution >= 0.6 is 0 Å². The van der Waals surface area contributed by atoms with Gasteiger partial charge in [-0.15, -0.1) is 0 Å². The molecule has 1 fully saturated rings. The highest BCUT2D eigenvalue weighted by molar-refractivity contribution is 5.11. The maximum atomic E-state index is 12.6. The Morgan fingerprint density at radius 3 is 2.71 bits per heavy atom. The highest BCUT2D eigenvalue weighted by atomic mass is 19.4. The zero-order valence-electron chi connectivity index (χ0n) is 9.72. The average Bonchev–Trinajstić information content (AvgIpc) is 2.92. The van der Waals surface area contributed by atoms with Crippen LogP contribution in [0.3, 0.4) is 0 Å². The van der Waals surface area contributed by atoms with E-state index in [9.17, 15) is 13.2 Å². The molecule has 1 N–H and O–H groups in total. The van der Waals surface area contributed by atoms with Gasteiger partial charge in [0.1, 0.15) is 5.54 Å². The van der Waals surface area contributed by atoms with Gasteiger partial charge in [-0.25, -0.2) is 0 Å². The molecular weight excluding hydrogens is 231 g/mol. The van der Waals surface area contributed by atoms with E-state index in [1.54, 1.807) is 17.1 Å². The number of nitrogens with zero attached hydrogens (tertiary/aromatic N) is 2. The zero-order chi connectivity index (χ0) is 12.5. The predicted molar refractivity (Wildman–Crippen MR) is 57.4 cm³/mol. The number of aryl methyl sites for hydroxylation is 1. The molecule has 96 valence electrons. The maximum absolute atomic E-state index is 12.6. The molecule has 1 aromatic rings. The molecule has 0 bridgehead atoms. The van der Waals surface area contributed by atoms with Crippen molar-refractivity contribution < 1.29 is 13.2 Å². The van der Waals surface area contributed by atoms with Gasteiger partial charge in [0.05, 0.1) is 6.20 Å². The number of nitrogens with one attached hydrogen (secondary N) is 1. The van der Waals surface area contributed by atoms with E-state index < -0.39 is 11.7 Å². The van der Waals surface area contributed by atoms with Crippen molar-refractivity contribution in [2.45, 2.75) is 51.0 Å². The Balaban J connectivity index is 1.90. The maximum Gasteiger partial charge on any atom is 0.406 e. The second kappa shape index (κ2) is 4.33. The second-order valence-corrected chi connectivity index (χ2v) is 4.55. The highest BCUT2D eigenvalue weighted by Crippen LogP contribution is 2.49. The molecule has 1 aliphatic carbocycles. The summed E-state index contributed by atoms with van der Waals surface area (Å²) in [5.74, 6) is 0. The summed E-state index contributed by atoms with van der Waals surface area (Å²) in [7, 11) is 0. The molecule has 17 heavy (non-hydrogen) atoms. The minimum atomic E-state index is -4.15. The van der Waals surface area contributed by atoms with Gasteiger partial charge in [-0.3, -0.25) is 10.00 Å². The van der Waals surface area contributed by atoms with Gasteiger partial charge in [0.2, 0.25) is 0 Å². The first-order valence-electron chi connectivity index (χ1n) is 5.80. The van der Waals surface area contributed by atoms with Crippen LogP contribution in [0, 0.1) is 0 Å². The lowest BCUT2D eigenvalue weighted by Crippen LogP contribution is -2.44. The van der Waals surface area contributed by atoms with Gasteiger partial charge in [-0.05, 0) is 19.3 Å². The van der Waals surface area contributed by atoms with Gasteiger partial charge in [0.15, 0.2) is 0 Å². The van der Waals surface area contributed by atoms with E-state index in [2.05, 4.69) is 10.4 Å². The van der Waals surface area contributed by atoms with E-state index in [1.807, 2.05) is 6.92 Å². The molecule has 0 aromatic carbocycles. The van der Waals surface area contributed by atoms with Crippen molar-refractivity contribution in [3.63, 3.8) is 0 Å². The Kier molecular flexibility index (Phi) is 3.16. The minimum Gasteiger partial charge on any atom is -0.299 e. The Hall–Kier alpha value is -1.04. The Labute approximate surface area is 98.0 Å². The first-order valence-corrected chi connectivity index (χ1v) is 5.80. The van der Waals surface area contributed by atoms with E-state index in [1.165, 1.54) is 0 Å². The number of alkyl halides is 3. The lowest BCUT2D eigenvalue weighted by molar-refractivity contribution is -0.166. The lowest BCUT2D eigenvalue weighted by Gasteiger charge is -2.20. The smallest absolute Gasteiger partial charge is 0.299 e. The first kappa shape index (κ1) is 12.4. The van der Waals surface area contributed by atoms with Crippen molar-refractivity contribution in [2.24, 2.45) is 0 Å². The third-order valence-electron chi connectivity index (χ3n) is 3.06. The molecule has 1 aliphatic rings. The fourth-order valence-electron chi connectivity index (χ4n) is 1.81. The molecule has 3 nitrogen and oxygen atoms in total. The van der Waals surface area contributed by atoms with Gasteiger partial charge in [0.25, 0.3) is 0 Å². The van der Waals surface area contributed by atoms with Crippen LogP contribution in [-0.2, 0) is 13.1 Å². The number of rotatable bonds is 5. The minimum absolute atomic E-state index is 0.180. The van der Waals surface area contributed by atoms with Gasteiger partial charge in [0, 0.05) is 24.8 Å². The zero-order valence-corrected chi connectivity index (χ0v) is 9.72.